The molecule has 0 spiro atoms. The number of nitrogens with one attached hydrogen (secondary N) is 1. The van der Waals surface area contributed by atoms with Crippen molar-refractivity contribution in [2.45, 2.75) is 39.5 Å². The minimum atomic E-state index is 0.568. The molecule has 0 heterocycles. The van der Waals surface area contributed by atoms with Gasteiger partial charge in [0.05, 0.1) is 0 Å². The van der Waals surface area contributed by atoms with Crippen LogP contribution in [0.1, 0.15) is 39.5 Å². The Labute approximate surface area is 95.4 Å². The molecule has 0 saturated heterocycles. The van der Waals surface area contributed by atoms with Crippen LogP contribution in [0.15, 0.2) is 0 Å². The second-order valence-electron chi connectivity index (χ2n) is 5.97. The Morgan fingerprint density at radius 3 is 2.27 bits per heavy atom. The topological polar surface area (TPSA) is 15.3 Å². The van der Waals surface area contributed by atoms with Crippen LogP contribution in [-0.2, 0) is 0 Å². The van der Waals surface area contributed by atoms with Gasteiger partial charge in [0, 0.05) is 13.1 Å². The zero-order chi connectivity index (χ0) is 11.3. The fourth-order valence-electron chi connectivity index (χ4n) is 2.81. The van der Waals surface area contributed by atoms with Crippen LogP contribution < -0.4 is 5.32 Å². The molecule has 1 fully saturated rings. The molecule has 0 aliphatic heterocycles. The highest BCUT2D eigenvalue weighted by atomic mass is 15.1. The molecule has 2 heteroatoms. The highest BCUT2D eigenvalue weighted by molar-refractivity contribution is 4.88. The summed E-state index contributed by atoms with van der Waals surface area (Å²) in [6.07, 6.45) is 5.68. The second-order valence-corrected chi connectivity index (χ2v) is 5.97. The van der Waals surface area contributed by atoms with Gasteiger partial charge in [-0.05, 0) is 44.8 Å². The summed E-state index contributed by atoms with van der Waals surface area (Å²) < 4.78 is 0. The Morgan fingerprint density at radius 1 is 1.20 bits per heavy atom. The number of rotatable bonds is 6. The van der Waals surface area contributed by atoms with E-state index in [9.17, 15) is 0 Å². The molecule has 0 bridgehead atoms. The average molecular weight is 212 g/mol. The van der Waals surface area contributed by atoms with E-state index < -0.39 is 0 Å². The van der Waals surface area contributed by atoms with Gasteiger partial charge in [0.25, 0.3) is 0 Å². The Kier molecular flexibility index (Phi) is 5.07. The van der Waals surface area contributed by atoms with Crippen LogP contribution >= 0.6 is 0 Å². The molecule has 1 saturated carbocycles. The van der Waals surface area contributed by atoms with Crippen LogP contribution in [0.25, 0.3) is 0 Å². The first-order valence-electron chi connectivity index (χ1n) is 6.39. The molecule has 0 aromatic rings. The van der Waals surface area contributed by atoms with Gasteiger partial charge < -0.3 is 10.2 Å². The summed E-state index contributed by atoms with van der Waals surface area (Å²) in [6.45, 7) is 8.18. The van der Waals surface area contributed by atoms with Crippen molar-refractivity contribution in [3.8, 4) is 0 Å². The first-order valence-corrected chi connectivity index (χ1v) is 6.39. The molecule has 1 aliphatic carbocycles. The monoisotopic (exact) mass is 212 g/mol. The Morgan fingerprint density at radius 2 is 1.80 bits per heavy atom. The molecule has 2 nitrogen and oxygen atoms in total. The van der Waals surface area contributed by atoms with Gasteiger partial charge in [-0.3, -0.25) is 0 Å². The molecule has 0 atom stereocenters. The van der Waals surface area contributed by atoms with Crippen LogP contribution in [0, 0.1) is 11.3 Å². The first-order chi connectivity index (χ1) is 7.04. The van der Waals surface area contributed by atoms with Gasteiger partial charge in [-0.2, -0.15) is 0 Å². The summed E-state index contributed by atoms with van der Waals surface area (Å²) in [7, 11) is 4.39. The van der Waals surface area contributed by atoms with E-state index in [-0.39, 0.29) is 0 Å². The molecule has 1 N–H and O–H groups in total. The maximum absolute atomic E-state index is 3.65. The predicted molar refractivity (Wildman–Crippen MR) is 67.2 cm³/mol. The fourth-order valence-corrected chi connectivity index (χ4v) is 2.81. The van der Waals surface area contributed by atoms with Crippen molar-refractivity contribution < 1.29 is 0 Å². The molecule has 1 rings (SSSR count). The summed E-state index contributed by atoms with van der Waals surface area (Å²) in [5.41, 5.74) is 0.568. The quantitative estimate of drug-likeness (QED) is 0.727. The van der Waals surface area contributed by atoms with Crippen molar-refractivity contribution in [1.82, 2.24) is 10.2 Å². The zero-order valence-corrected chi connectivity index (χ0v) is 11.0. The lowest BCUT2D eigenvalue weighted by atomic mass is 9.85. The summed E-state index contributed by atoms with van der Waals surface area (Å²) in [5, 5.41) is 3.65. The van der Waals surface area contributed by atoms with E-state index in [1.165, 1.54) is 38.8 Å². The van der Waals surface area contributed by atoms with Gasteiger partial charge >= 0.3 is 0 Å². The van der Waals surface area contributed by atoms with E-state index in [0.29, 0.717) is 5.41 Å². The molecule has 0 radical (unpaired) electrons. The Hall–Kier alpha value is -0.0800. The van der Waals surface area contributed by atoms with E-state index in [0.717, 1.165) is 12.5 Å². The summed E-state index contributed by atoms with van der Waals surface area (Å²) >= 11 is 0. The maximum atomic E-state index is 3.65. The fraction of sp³-hybridized carbons (Fsp3) is 1.00. The van der Waals surface area contributed by atoms with Crippen molar-refractivity contribution in [2.24, 2.45) is 11.3 Å². The molecular formula is C13H28N2. The maximum Gasteiger partial charge on any atom is 0.00440 e. The van der Waals surface area contributed by atoms with Gasteiger partial charge in [0.15, 0.2) is 0 Å². The smallest absolute Gasteiger partial charge is 0.00440 e. The van der Waals surface area contributed by atoms with Crippen molar-refractivity contribution in [3.05, 3.63) is 0 Å². The molecule has 0 aromatic heterocycles. The van der Waals surface area contributed by atoms with Crippen LogP contribution in [0.3, 0.4) is 0 Å². The highest BCUT2D eigenvalue weighted by Gasteiger charge is 2.33. The van der Waals surface area contributed by atoms with E-state index in [1.807, 2.05) is 0 Å². The lowest BCUT2D eigenvalue weighted by molar-refractivity contribution is 0.193. The molecule has 0 unspecified atom stereocenters. The van der Waals surface area contributed by atoms with Crippen molar-refractivity contribution >= 4 is 0 Å². The lowest BCUT2D eigenvalue weighted by Crippen LogP contribution is -2.41. The SMILES string of the molecule is CC(C)CNCC1(CN(C)C)CCCC1. The van der Waals surface area contributed by atoms with Crippen LogP contribution in [0.2, 0.25) is 0 Å². The van der Waals surface area contributed by atoms with Crippen LogP contribution in [-0.4, -0.2) is 38.6 Å². The normalized spacial score (nSPS) is 20.4. The Balaban J connectivity index is 2.36. The third-order valence-electron chi connectivity index (χ3n) is 3.37. The Bertz CT molecular complexity index is 169. The lowest BCUT2D eigenvalue weighted by Gasteiger charge is -2.32. The molecule has 15 heavy (non-hydrogen) atoms. The van der Waals surface area contributed by atoms with Gasteiger partial charge in [0.1, 0.15) is 0 Å². The van der Waals surface area contributed by atoms with Crippen LogP contribution in [0.4, 0.5) is 0 Å². The van der Waals surface area contributed by atoms with Gasteiger partial charge in [-0.1, -0.05) is 26.7 Å². The molecule has 1 aliphatic rings. The van der Waals surface area contributed by atoms with Gasteiger partial charge in [-0.25, -0.2) is 0 Å². The van der Waals surface area contributed by atoms with E-state index >= 15 is 0 Å². The minimum absolute atomic E-state index is 0.568. The highest BCUT2D eigenvalue weighted by Crippen LogP contribution is 2.37. The molecule has 0 aromatic carbocycles. The van der Waals surface area contributed by atoms with E-state index in [4.69, 9.17) is 0 Å². The number of nitrogens with zero attached hydrogens (tertiary/aromatic N) is 1. The van der Waals surface area contributed by atoms with Gasteiger partial charge in [0.2, 0.25) is 0 Å². The second kappa shape index (κ2) is 5.86. The molecular weight excluding hydrogens is 184 g/mol. The molecule has 90 valence electrons. The summed E-state index contributed by atoms with van der Waals surface area (Å²) in [5.74, 6) is 0.766. The standard InChI is InChI=1S/C13H28N2/c1-12(2)9-14-10-13(11-15(3)4)7-5-6-8-13/h12,14H,5-11H2,1-4H3. The third kappa shape index (κ3) is 4.52. The van der Waals surface area contributed by atoms with Gasteiger partial charge in [-0.15, -0.1) is 0 Å². The molecule has 0 amide bonds. The van der Waals surface area contributed by atoms with E-state index in [2.05, 4.69) is 38.2 Å². The van der Waals surface area contributed by atoms with Crippen molar-refractivity contribution in [3.63, 3.8) is 0 Å². The van der Waals surface area contributed by atoms with Crippen molar-refractivity contribution in [2.75, 3.05) is 33.7 Å². The number of hydrogen-bond acceptors (Lipinski definition) is 2. The largest absolute Gasteiger partial charge is 0.316 e. The minimum Gasteiger partial charge on any atom is -0.316 e. The first kappa shape index (κ1) is 13.0. The summed E-state index contributed by atoms with van der Waals surface area (Å²) in [4.78, 5) is 2.35. The third-order valence-corrected chi connectivity index (χ3v) is 3.37. The predicted octanol–water partition coefficient (Wildman–Crippen LogP) is 2.35. The van der Waals surface area contributed by atoms with E-state index in [1.54, 1.807) is 0 Å². The summed E-state index contributed by atoms with van der Waals surface area (Å²) in [6, 6.07) is 0. The number of hydrogen-bond donors (Lipinski definition) is 1. The van der Waals surface area contributed by atoms with Crippen LogP contribution in [0.5, 0.6) is 0 Å². The van der Waals surface area contributed by atoms with Crippen molar-refractivity contribution in [1.29, 1.82) is 0 Å². The zero-order valence-electron chi connectivity index (χ0n) is 11.0. The average Bonchev–Trinajstić information content (AvgIpc) is 2.51.